The van der Waals surface area contributed by atoms with Crippen molar-refractivity contribution in [1.82, 2.24) is 10.2 Å². The third kappa shape index (κ3) is 3.19. The molecule has 0 amide bonds. The van der Waals surface area contributed by atoms with Crippen molar-refractivity contribution < 1.29 is 9.47 Å². The Morgan fingerprint density at radius 2 is 1.75 bits per heavy atom. The summed E-state index contributed by atoms with van der Waals surface area (Å²) < 4.78 is 10.9. The highest BCUT2D eigenvalue weighted by atomic mass is 35.5. The van der Waals surface area contributed by atoms with Gasteiger partial charge >= 0.3 is 0 Å². The van der Waals surface area contributed by atoms with E-state index in [2.05, 4.69) is 23.2 Å². The van der Waals surface area contributed by atoms with Gasteiger partial charge < -0.3 is 14.8 Å². The quantitative estimate of drug-likeness (QED) is 0.904. The summed E-state index contributed by atoms with van der Waals surface area (Å²) in [5.41, 5.74) is 2.26. The van der Waals surface area contributed by atoms with E-state index in [-0.39, 0.29) is 0 Å². The molecule has 0 aliphatic carbocycles. The highest BCUT2D eigenvalue weighted by Crippen LogP contribution is 2.40. The van der Waals surface area contributed by atoms with Gasteiger partial charge in [-0.1, -0.05) is 18.5 Å². The van der Waals surface area contributed by atoms with Crippen LogP contribution in [0, 0.1) is 0 Å². The first-order valence-electron chi connectivity index (χ1n) is 7.06. The van der Waals surface area contributed by atoms with E-state index < -0.39 is 0 Å². The number of rotatable bonds is 5. The largest absolute Gasteiger partial charge is 0.495 e. The summed E-state index contributed by atoms with van der Waals surface area (Å²) in [6.07, 6.45) is 0.890. The minimum atomic E-state index is 0.583. The second-order valence-corrected chi connectivity index (χ2v) is 5.33. The van der Waals surface area contributed by atoms with Gasteiger partial charge in [0.15, 0.2) is 0 Å². The smallest absolute Gasteiger partial charge is 0.145 e. The van der Waals surface area contributed by atoms with Crippen molar-refractivity contribution >= 4 is 11.6 Å². The molecule has 0 aromatic heterocycles. The zero-order valence-electron chi connectivity index (χ0n) is 12.5. The molecule has 0 radical (unpaired) electrons. The SMILES string of the molecule is CCc1cc(CN2CCNCC2)c(OC)c(Cl)c1OC. The van der Waals surface area contributed by atoms with E-state index in [9.17, 15) is 0 Å². The number of nitrogens with zero attached hydrogens (tertiary/aromatic N) is 1. The number of halogens is 1. The monoisotopic (exact) mass is 298 g/mol. The average Bonchev–Trinajstić information content (AvgIpc) is 2.48. The average molecular weight is 299 g/mol. The van der Waals surface area contributed by atoms with Crippen molar-refractivity contribution in [3.05, 3.63) is 22.2 Å². The third-order valence-corrected chi connectivity index (χ3v) is 4.07. The molecule has 1 fully saturated rings. The van der Waals surface area contributed by atoms with Gasteiger partial charge in [0, 0.05) is 38.3 Å². The highest BCUT2D eigenvalue weighted by molar-refractivity contribution is 6.33. The van der Waals surface area contributed by atoms with Gasteiger partial charge in [0.05, 0.1) is 14.2 Å². The maximum absolute atomic E-state index is 6.43. The van der Waals surface area contributed by atoms with Crippen molar-refractivity contribution in [1.29, 1.82) is 0 Å². The van der Waals surface area contributed by atoms with Crippen LogP contribution in [0.4, 0.5) is 0 Å². The first kappa shape index (κ1) is 15.4. The summed E-state index contributed by atoms with van der Waals surface area (Å²) in [6, 6.07) is 2.16. The van der Waals surface area contributed by atoms with Gasteiger partial charge in [-0.15, -0.1) is 0 Å². The molecule has 0 spiro atoms. The molecule has 0 atom stereocenters. The van der Waals surface area contributed by atoms with E-state index in [1.807, 2.05) is 0 Å². The van der Waals surface area contributed by atoms with Crippen LogP contribution in [0.1, 0.15) is 18.1 Å². The van der Waals surface area contributed by atoms with Crippen LogP contribution in [-0.4, -0.2) is 45.3 Å². The van der Waals surface area contributed by atoms with Gasteiger partial charge in [-0.2, -0.15) is 0 Å². The number of hydrogen-bond acceptors (Lipinski definition) is 4. The second kappa shape index (κ2) is 7.16. The molecule has 1 heterocycles. The van der Waals surface area contributed by atoms with Crippen molar-refractivity contribution in [2.45, 2.75) is 19.9 Å². The molecule has 0 unspecified atom stereocenters. The molecule has 5 heteroatoms. The maximum Gasteiger partial charge on any atom is 0.145 e. The first-order valence-corrected chi connectivity index (χ1v) is 7.44. The number of aryl methyl sites for hydroxylation is 1. The minimum absolute atomic E-state index is 0.583. The predicted octanol–water partition coefficient (Wildman–Crippen LogP) is 2.32. The summed E-state index contributed by atoms with van der Waals surface area (Å²) in [6.45, 7) is 7.14. The molecule has 112 valence electrons. The topological polar surface area (TPSA) is 33.7 Å². The van der Waals surface area contributed by atoms with Gasteiger partial charge in [-0.25, -0.2) is 0 Å². The standard InChI is InChI=1S/C15H23ClN2O2/c1-4-11-9-12(10-18-7-5-17-6-8-18)15(20-3)13(16)14(11)19-2/h9,17H,4-8,10H2,1-3H3. The zero-order chi connectivity index (χ0) is 14.5. The predicted molar refractivity (Wildman–Crippen MR) is 82.1 cm³/mol. The van der Waals surface area contributed by atoms with Crippen molar-refractivity contribution in [3.63, 3.8) is 0 Å². The van der Waals surface area contributed by atoms with E-state index in [1.165, 1.54) is 0 Å². The van der Waals surface area contributed by atoms with E-state index in [0.29, 0.717) is 5.02 Å². The normalized spacial score (nSPS) is 16.2. The molecule has 1 aliphatic heterocycles. The van der Waals surface area contributed by atoms with Gasteiger partial charge in [0.2, 0.25) is 0 Å². The van der Waals surface area contributed by atoms with Crippen LogP contribution >= 0.6 is 11.6 Å². The Balaban J connectivity index is 2.32. The van der Waals surface area contributed by atoms with Crippen molar-refractivity contribution in [2.75, 3.05) is 40.4 Å². The molecule has 1 saturated heterocycles. The van der Waals surface area contributed by atoms with Crippen LogP contribution in [-0.2, 0) is 13.0 Å². The van der Waals surface area contributed by atoms with Gasteiger partial charge in [0.25, 0.3) is 0 Å². The molecule has 1 aromatic carbocycles. The van der Waals surface area contributed by atoms with Crippen LogP contribution in [0.5, 0.6) is 11.5 Å². The Morgan fingerprint density at radius 1 is 1.15 bits per heavy atom. The van der Waals surface area contributed by atoms with E-state index in [0.717, 1.165) is 61.8 Å². The molecular formula is C15H23ClN2O2. The van der Waals surface area contributed by atoms with Crippen molar-refractivity contribution in [2.24, 2.45) is 0 Å². The van der Waals surface area contributed by atoms with Crippen LogP contribution in [0.15, 0.2) is 6.07 Å². The molecule has 1 aliphatic rings. The molecule has 2 rings (SSSR count). The molecule has 0 saturated carbocycles. The summed E-state index contributed by atoms with van der Waals surface area (Å²) in [5, 5.41) is 3.95. The van der Waals surface area contributed by atoms with Gasteiger partial charge in [-0.3, -0.25) is 4.90 Å². The summed E-state index contributed by atoms with van der Waals surface area (Å²) in [4.78, 5) is 2.41. The third-order valence-electron chi connectivity index (χ3n) is 3.72. The van der Waals surface area contributed by atoms with Crippen LogP contribution in [0.2, 0.25) is 5.02 Å². The lowest BCUT2D eigenvalue weighted by Crippen LogP contribution is -2.42. The number of ether oxygens (including phenoxy) is 2. The fraction of sp³-hybridized carbons (Fsp3) is 0.600. The number of methoxy groups -OCH3 is 2. The molecule has 20 heavy (non-hydrogen) atoms. The fourth-order valence-corrected chi connectivity index (χ4v) is 3.06. The van der Waals surface area contributed by atoms with Gasteiger partial charge in [0.1, 0.15) is 16.5 Å². The molecule has 1 aromatic rings. The molecule has 0 bridgehead atoms. The number of nitrogens with one attached hydrogen (secondary N) is 1. The lowest BCUT2D eigenvalue weighted by Gasteiger charge is -2.28. The maximum atomic E-state index is 6.43. The zero-order valence-corrected chi connectivity index (χ0v) is 13.2. The number of piperazine rings is 1. The molecule has 4 nitrogen and oxygen atoms in total. The lowest BCUT2D eigenvalue weighted by atomic mass is 10.1. The summed E-state index contributed by atoms with van der Waals surface area (Å²) >= 11 is 6.43. The van der Waals surface area contributed by atoms with Crippen LogP contribution in [0.25, 0.3) is 0 Å². The minimum Gasteiger partial charge on any atom is -0.495 e. The Kier molecular flexibility index (Phi) is 5.52. The number of hydrogen-bond donors (Lipinski definition) is 1. The van der Waals surface area contributed by atoms with Crippen LogP contribution in [0.3, 0.4) is 0 Å². The second-order valence-electron chi connectivity index (χ2n) is 4.95. The van der Waals surface area contributed by atoms with E-state index in [4.69, 9.17) is 21.1 Å². The number of benzene rings is 1. The van der Waals surface area contributed by atoms with E-state index in [1.54, 1.807) is 14.2 Å². The molecule has 1 N–H and O–H groups in total. The first-order chi connectivity index (χ1) is 9.71. The van der Waals surface area contributed by atoms with Gasteiger partial charge in [-0.05, 0) is 18.1 Å². The Labute approximate surface area is 126 Å². The summed E-state index contributed by atoms with van der Waals surface area (Å²) in [7, 11) is 3.31. The summed E-state index contributed by atoms with van der Waals surface area (Å²) in [5.74, 6) is 1.47. The fourth-order valence-electron chi connectivity index (χ4n) is 2.66. The lowest BCUT2D eigenvalue weighted by molar-refractivity contribution is 0.230. The highest BCUT2D eigenvalue weighted by Gasteiger charge is 2.20. The Bertz CT molecular complexity index is 460. The van der Waals surface area contributed by atoms with Crippen molar-refractivity contribution in [3.8, 4) is 11.5 Å². The Hall–Kier alpha value is -0.970. The van der Waals surface area contributed by atoms with E-state index >= 15 is 0 Å². The molecular weight excluding hydrogens is 276 g/mol. The Morgan fingerprint density at radius 3 is 2.30 bits per heavy atom. The van der Waals surface area contributed by atoms with Crippen LogP contribution < -0.4 is 14.8 Å².